The summed E-state index contributed by atoms with van der Waals surface area (Å²) < 4.78 is 0. The lowest BCUT2D eigenvalue weighted by molar-refractivity contribution is 0.108. The molecule has 18 heavy (non-hydrogen) atoms. The van der Waals surface area contributed by atoms with Gasteiger partial charge in [0.05, 0.1) is 6.10 Å². The van der Waals surface area contributed by atoms with Crippen LogP contribution in [-0.2, 0) is 0 Å². The molecule has 3 unspecified atom stereocenters. The molecule has 2 N–H and O–H groups in total. The van der Waals surface area contributed by atoms with E-state index in [-0.39, 0.29) is 18.2 Å². The van der Waals surface area contributed by atoms with Gasteiger partial charge in [0.2, 0.25) is 0 Å². The number of hydrogen-bond donors (Lipinski definition) is 2. The van der Waals surface area contributed by atoms with Crippen LogP contribution in [0.3, 0.4) is 0 Å². The number of aliphatic hydroxyl groups excluding tert-OH is 1. The minimum absolute atomic E-state index is 0.199. The van der Waals surface area contributed by atoms with Crippen LogP contribution in [0.5, 0.6) is 0 Å². The summed E-state index contributed by atoms with van der Waals surface area (Å²) >= 11 is 0. The van der Waals surface area contributed by atoms with Crippen LogP contribution < -0.4 is 5.32 Å². The second-order valence-corrected chi connectivity index (χ2v) is 5.10. The molecule has 0 aromatic heterocycles. The number of rotatable bonds is 3. The summed E-state index contributed by atoms with van der Waals surface area (Å²) in [5.41, 5.74) is 1.28. The normalized spacial score (nSPS) is 28.1. The van der Waals surface area contributed by atoms with Gasteiger partial charge in [-0.3, -0.25) is 0 Å². The van der Waals surface area contributed by atoms with E-state index in [0.717, 1.165) is 25.7 Å². The number of hydrogen-bond acceptors (Lipinski definition) is 2. The molecule has 0 spiro atoms. The van der Waals surface area contributed by atoms with Gasteiger partial charge in [-0.15, -0.1) is 0 Å². The summed E-state index contributed by atoms with van der Waals surface area (Å²) in [5, 5.41) is 13.7. The molecule has 2 rings (SSSR count). The highest BCUT2D eigenvalue weighted by Crippen LogP contribution is 2.18. The topological polar surface area (TPSA) is 32.3 Å². The van der Waals surface area contributed by atoms with Gasteiger partial charge in [-0.25, -0.2) is 0 Å². The van der Waals surface area contributed by atoms with E-state index in [1.807, 2.05) is 6.07 Å². The van der Waals surface area contributed by atoms with Crippen LogP contribution in [0.25, 0.3) is 0 Å². The number of benzene rings is 1. The monoisotopic (exact) mass is 245 g/mol. The molecule has 0 saturated heterocycles. The predicted octanol–water partition coefficient (Wildman–Crippen LogP) is 3.20. The minimum atomic E-state index is -0.235. The second-order valence-electron chi connectivity index (χ2n) is 5.10. The zero-order chi connectivity index (χ0) is 12.8. The smallest absolute Gasteiger partial charge is 0.0696 e. The predicted molar refractivity (Wildman–Crippen MR) is 75.4 cm³/mol. The molecule has 0 amide bonds. The number of nitrogens with one attached hydrogen (secondary N) is 1. The van der Waals surface area contributed by atoms with Crippen molar-refractivity contribution >= 4 is 0 Å². The summed E-state index contributed by atoms with van der Waals surface area (Å²) in [6.07, 6.45) is 8.08. The Hall–Kier alpha value is -1.12. The fraction of sp³-hybridized carbons (Fsp3) is 0.500. The molecular weight excluding hydrogens is 222 g/mol. The van der Waals surface area contributed by atoms with Gasteiger partial charge >= 0.3 is 0 Å². The van der Waals surface area contributed by atoms with Crippen molar-refractivity contribution in [1.82, 2.24) is 5.32 Å². The zero-order valence-electron chi connectivity index (χ0n) is 11.0. The molecule has 1 aromatic rings. The first-order valence-corrected chi connectivity index (χ1v) is 6.91. The molecule has 0 radical (unpaired) electrons. The Balaban J connectivity index is 1.96. The maximum Gasteiger partial charge on any atom is 0.0696 e. The van der Waals surface area contributed by atoms with E-state index in [1.165, 1.54) is 5.56 Å². The standard InChI is InChI=1S/C16H23NO/c1-13(14-9-5-4-6-10-14)17-15-11-7-2-3-8-12-16(15)18/h2-6,9-10,13,15-18H,7-8,11-12H2,1H3/b3-2-. The third kappa shape index (κ3) is 3.69. The molecule has 0 bridgehead atoms. The van der Waals surface area contributed by atoms with Crippen molar-refractivity contribution in [1.29, 1.82) is 0 Å². The average Bonchev–Trinajstić information content (AvgIpc) is 2.39. The molecule has 0 aliphatic heterocycles. The van der Waals surface area contributed by atoms with Crippen LogP contribution in [-0.4, -0.2) is 17.3 Å². The van der Waals surface area contributed by atoms with Gasteiger partial charge in [-0.05, 0) is 38.2 Å². The Morgan fingerprint density at radius 1 is 1.11 bits per heavy atom. The third-order valence-electron chi connectivity index (χ3n) is 3.67. The molecule has 2 nitrogen and oxygen atoms in total. The highest BCUT2D eigenvalue weighted by Gasteiger charge is 2.21. The van der Waals surface area contributed by atoms with Crippen molar-refractivity contribution in [3.63, 3.8) is 0 Å². The van der Waals surface area contributed by atoms with E-state index in [1.54, 1.807) is 0 Å². The van der Waals surface area contributed by atoms with Crippen molar-refractivity contribution in [2.45, 2.75) is 50.8 Å². The minimum Gasteiger partial charge on any atom is -0.391 e. The number of allylic oxidation sites excluding steroid dienone is 2. The number of aliphatic hydroxyl groups is 1. The summed E-state index contributed by atoms with van der Waals surface area (Å²) in [5.74, 6) is 0. The van der Waals surface area contributed by atoms with Gasteiger partial charge in [-0.1, -0.05) is 42.5 Å². The fourth-order valence-corrected chi connectivity index (χ4v) is 2.53. The van der Waals surface area contributed by atoms with Gasteiger partial charge in [0.15, 0.2) is 0 Å². The van der Waals surface area contributed by atoms with Gasteiger partial charge in [0, 0.05) is 12.1 Å². The zero-order valence-corrected chi connectivity index (χ0v) is 11.0. The summed E-state index contributed by atoms with van der Waals surface area (Å²) in [4.78, 5) is 0. The Labute approximate surface area is 110 Å². The molecule has 2 heteroatoms. The molecule has 1 aliphatic carbocycles. The van der Waals surface area contributed by atoms with E-state index in [0.29, 0.717) is 0 Å². The molecule has 1 aliphatic rings. The average molecular weight is 245 g/mol. The Kier molecular flexibility index (Phi) is 4.97. The Morgan fingerprint density at radius 2 is 1.78 bits per heavy atom. The first kappa shape index (κ1) is 13.3. The van der Waals surface area contributed by atoms with Crippen LogP contribution in [0, 0.1) is 0 Å². The van der Waals surface area contributed by atoms with E-state index in [9.17, 15) is 5.11 Å². The molecular formula is C16H23NO. The van der Waals surface area contributed by atoms with Crippen LogP contribution >= 0.6 is 0 Å². The Bertz CT molecular complexity index is 374. The van der Waals surface area contributed by atoms with Gasteiger partial charge in [0.25, 0.3) is 0 Å². The van der Waals surface area contributed by atoms with Gasteiger partial charge in [0.1, 0.15) is 0 Å². The summed E-state index contributed by atoms with van der Waals surface area (Å²) in [6.45, 7) is 2.16. The van der Waals surface area contributed by atoms with Crippen molar-refractivity contribution in [3.8, 4) is 0 Å². The van der Waals surface area contributed by atoms with Crippen molar-refractivity contribution < 1.29 is 5.11 Å². The van der Waals surface area contributed by atoms with Crippen LogP contribution in [0.2, 0.25) is 0 Å². The lowest BCUT2D eigenvalue weighted by atomic mass is 9.96. The molecule has 0 fully saturated rings. The lowest BCUT2D eigenvalue weighted by Crippen LogP contribution is -2.41. The highest BCUT2D eigenvalue weighted by molar-refractivity contribution is 5.18. The quantitative estimate of drug-likeness (QED) is 0.802. The van der Waals surface area contributed by atoms with Crippen LogP contribution in [0.15, 0.2) is 42.5 Å². The van der Waals surface area contributed by atoms with Crippen molar-refractivity contribution in [2.24, 2.45) is 0 Å². The van der Waals surface area contributed by atoms with Gasteiger partial charge < -0.3 is 10.4 Å². The van der Waals surface area contributed by atoms with Crippen LogP contribution in [0.1, 0.15) is 44.2 Å². The summed E-state index contributed by atoms with van der Waals surface area (Å²) in [6, 6.07) is 10.9. The largest absolute Gasteiger partial charge is 0.391 e. The van der Waals surface area contributed by atoms with E-state index in [2.05, 4.69) is 48.7 Å². The molecule has 98 valence electrons. The molecule has 0 heterocycles. The van der Waals surface area contributed by atoms with Crippen LogP contribution in [0.4, 0.5) is 0 Å². The van der Waals surface area contributed by atoms with Crippen molar-refractivity contribution in [2.75, 3.05) is 0 Å². The first-order chi connectivity index (χ1) is 8.77. The summed E-state index contributed by atoms with van der Waals surface area (Å²) in [7, 11) is 0. The lowest BCUT2D eigenvalue weighted by Gasteiger charge is -2.28. The second kappa shape index (κ2) is 6.72. The first-order valence-electron chi connectivity index (χ1n) is 6.91. The highest BCUT2D eigenvalue weighted by atomic mass is 16.3. The third-order valence-corrected chi connectivity index (χ3v) is 3.67. The fourth-order valence-electron chi connectivity index (χ4n) is 2.53. The van der Waals surface area contributed by atoms with Crippen molar-refractivity contribution in [3.05, 3.63) is 48.0 Å². The van der Waals surface area contributed by atoms with E-state index < -0.39 is 0 Å². The van der Waals surface area contributed by atoms with Gasteiger partial charge in [-0.2, -0.15) is 0 Å². The SMILES string of the molecule is CC(NC1CC/C=C\CCC1O)c1ccccc1. The Morgan fingerprint density at radius 3 is 2.50 bits per heavy atom. The molecule has 0 saturated carbocycles. The van der Waals surface area contributed by atoms with E-state index >= 15 is 0 Å². The maximum atomic E-state index is 10.2. The molecule has 1 aromatic carbocycles. The molecule has 3 atom stereocenters. The van der Waals surface area contributed by atoms with E-state index in [4.69, 9.17) is 0 Å². The maximum absolute atomic E-state index is 10.2.